The van der Waals surface area contributed by atoms with Gasteiger partial charge in [-0.3, -0.25) is 0 Å². The van der Waals surface area contributed by atoms with Crippen LogP contribution in [0.3, 0.4) is 0 Å². The molecule has 0 fully saturated rings. The van der Waals surface area contributed by atoms with Crippen LogP contribution in [0.15, 0.2) is 36.4 Å². The molecule has 0 bridgehead atoms. The molecule has 174 valence electrons. The minimum Gasteiger partial charge on any atom is -0.493 e. The number of nitrogens with two attached hydrogens (primary N) is 1. The van der Waals surface area contributed by atoms with Crippen LogP contribution in [0.25, 0.3) is 0 Å². The molecule has 0 radical (unpaired) electrons. The van der Waals surface area contributed by atoms with Crippen molar-refractivity contribution >= 4 is 0 Å². The average molecular weight is 441 g/mol. The van der Waals surface area contributed by atoms with Gasteiger partial charge in [0, 0.05) is 5.54 Å². The molecule has 2 atom stereocenters. The second-order valence-electron chi connectivity index (χ2n) is 8.34. The van der Waals surface area contributed by atoms with Crippen molar-refractivity contribution in [1.29, 1.82) is 5.26 Å². The zero-order valence-electron chi connectivity index (χ0n) is 20.3. The van der Waals surface area contributed by atoms with Gasteiger partial charge < -0.3 is 24.7 Å². The number of nitriles is 1. The Bertz CT molecular complexity index is 953. The van der Waals surface area contributed by atoms with E-state index in [-0.39, 0.29) is 5.92 Å². The third kappa shape index (κ3) is 4.49. The highest BCUT2D eigenvalue weighted by molar-refractivity contribution is 5.50. The van der Waals surface area contributed by atoms with Crippen LogP contribution >= 0.6 is 0 Å². The number of hydrogen-bond acceptors (Lipinski definition) is 6. The van der Waals surface area contributed by atoms with Crippen LogP contribution in [-0.4, -0.2) is 34.0 Å². The Hall–Kier alpha value is -2.91. The third-order valence-corrected chi connectivity index (χ3v) is 6.61. The quantitative estimate of drug-likeness (QED) is 0.536. The molecule has 0 aliphatic heterocycles. The minimum atomic E-state index is -0.919. The van der Waals surface area contributed by atoms with Crippen LogP contribution in [0.4, 0.5) is 0 Å². The van der Waals surface area contributed by atoms with E-state index in [1.54, 1.807) is 28.4 Å². The van der Waals surface area contributed by atoms with Gasteiger partial charge in [0.15, 0.2) is 23.0 Å². The molecule has 6 heteroatoms. The van der Waals surface area contributed by atoms with Gasteiger partial charge in [0.2, 0.25) is 0 Å². The topological polar surface area (TPSA) is 86.7 Å². The summed E-state index contributed by atoms with van der Waals surface area (Å²) in [5.41, 5.74) is 7.33. The highest BCUT2D eigenvalue weighted by Crippen LogP contribution is 2.46. The molecule has 2 rings (SSSR count). The standard InChI is InChI=1S/C26H36N2O4/c1-8-25(28,14-13-19-9-11-21(29-4)23(15-19)31-6)26(17-27,18(2)3)20-10-12-22(30-5)24(16-20)32-7/h9-12,15-16,18H,8,13-14,28H2,1-7H3. The van der Waals surface area contributed by atoms with Crippen LogP contribution in [0.1, 0.15) is 44.7 Å². The normalized spacial score (nSPS) is 14.8. The van der Waals surface area contributed by atoms with E-state index in [0.717, 1.165) is 11.1 Å². The van der Waals surface area contributed by atoms with Crippen molar-refractivity contribution in [3.8, 4) is 29.1 Å². The van der Waals surface area contributed by atoms with E-state index < -0.39 is 11.0 Å². The second-order valence-corrected chi connectivity index (χ2v) is 8.34. The first-order chi connectivity index (χ1) is 15.3. The van der Waals surface area contributed by atoms with E-state index in [9.17, 15) is 5.26 Å². The molecular weight excluding hydrogens is 404 g/mol. The lowest BCUT2D eigenvalue weighted by molar-refractivity contribution is 0.189. The van der Waals surface area contributed by atoms with Crippen LogP contribution < -0.4 is 24.7 Å². The molecule has 2 unspecified atom stereocenters. The van der Waals surface area contributed by atoms with Crippen molar-refractivity contribution in [1.82, 2.24) is 0 Å². The summed E-state index contributed by atoms with van der Waals surface area (Å²) in [6.07, 6.45) is 1.97. The Balaban J connectivity index is 2.51. The lowest BCUT2D eigenvalue weighted by atomic mass is 9.57. The Labute approximate surface area is 192 Å². The second kappa shape index (κ2) is 10.6. The first-order valence-electron chi connectivity index (χ1n) is 10.9. The smallest absolute Gasteiger partial charge is 0.161 e. The van der Waals surface area contributed by atoms with Crippen molar-refractivity contribution in [2.24, 2.45) is 11.7 Å². The number of methoxy groups -OCH3 is 4. The van der Waals surface area contributed by atoms with E-state index in [2.05, 4.69) is 6.07 Å². The van der Waals surface area contributed by atoms with E-state index in [1.165, 1.54) is 0 Å². The fraction of sp³-hybridized carbons (Fsp3) is 0.500. The first kappa shape index (κ1) is 25.4. The Kier molecular flexibility index (Phi) is 8.40. The van der Waals surface area contributed by atoms with Gasteiger partial charge in [0.1, 0.15) is 5.41 Å². The number of aryl methyl sites for hydroxylation is 1. The van der Waals surface area contributed by atoms with E-state index in [0.29, 0.717) is 42.3 Å². The number of hydrogen-bond donors (Lipinski definition) is 1. The highest BCUT2D eigenvalue weighted by atomic mass is 16.5. The molecule has 2 aromatic rings. The molecule has 2 N–H and O–H groups in total. The SMILES string of the molecule is CCC(N)(CCc1ccc(OC)c(OC)c1)C(C#N)(c1ccc(OC)c(OC)c1)C(C)C. The molecular formula is C26H36N2O4. The zero-order valence-corrected chi connectivity index (χ0v) is 20.3. The van der Waals surface area contributed by atoms with Crippen molar-refractivity contribution in [3.63, 3.8) is 0 Å². The van der Waals surface area contributed by atoms with Crippen molar-refractivity contribution in [3.05, 3.63) is 47.5 Å². The minimum absolute atomic E-state index is 0.0269. The molecule has 0 saturated heterocycles. The Morgan fingerprint density at radius 3 is 1.88 bits per heavy atom. The van der Waals surface area contributed by atoms with Crippen LogP contribution in [-0.2, 0) is 11.8 Å². The molecule has 0 saturated carbocycles. The van der Waals surface area contributed by atoms with Crippen molar-refractivity contribution in [2.75, 3.05) is 28.4 Å². The fourth-order valence-corrected chi connectivity index (χ4v) is 4.64. The zero-order chi connectivity index (χ0) is 23.9. The molecule has 6 nitrogen and oxygen atoms in total. The molecule has 0 amide bonds. The lowest BCUT2D eigenvalue weighted by Gasteiger charge is -2.47. The summed E-state index contributed by atoms with van der Waals surface area (Å²) in [7, 11) is 6.43. The summed E-state index contributed by atoms with van der Waals surface area (Å²) in [5.74, 6) is 2.55. The number of rotatable bonds is 11. The van der Waals surface area contributed by atoms with E-state index in [1.807, 2.05) is 57.2 Å². The highest BCUT2D eigenvalue weighted by Gasteiger charge is 2.51. The maximum atomic E-state index is 10.6. The maximum absolute atomic E-state index is 10.6. The van der Waals surface area contributed by atoms with Crippen LogP contribution in [0.2, 0.25) is 0 Å². The van der Waals surface area contributed by atoms with E-state index >= 15 is 0 Å². The summed E-state index contributed by atoms with van der Waals surface area (Å²) in [4.78, 5) is 0. The lowest BCUT2D eigenvalue weighted by Crippen LogP contribution is -2.60. The van der Waals surface area contributed by atoms with Crippen molar-refractivity contribution < 1.29 is 18.9 Å². The Morgan fingerprint density at radius 1 is 0.875 bits per heavy atom. The molecule has 0 aromatic heterocycles. The summed E-state index contributed by atoms with van der Waals surface area (Å²) < 4.78 is 21.7. The van der Waals surface area contributed by atoms with Gasteiger partial charge in [-0.25, -0.2) is 0 Å². The molecule has 0 aliphatic carbocycles. The fourth-order valence-electron chi connectivity index (χ4n) is 4.64. The summed E-state index contributed by atoms with van der Waals surface area (Å²) >= 11 is 0. The number of ether oxygens (including phenoxy) is 4. The molecule has 0 aliphatic rings. The summed E-state index contributed by atoms with van der Waals surface area (Å²) in [6, 6.07) is 14.2. The number of benzene rings is 2. The van der Waals surface area contributed by atoms with Gasteiger partial charge in [-0.2, -0.15) is 5.26 Å². The van der Waals surface area contributed by atoms with Gasteiger partial charge >= 0.3 is 0 Å². The van der Waals surface area contributed by atoms with Gasteiger partial charge in [-0.15, -0.1) is 0 Å². The van der Waals surface area contributed by atoms with Crippen molar-refractivity contribution in [2.45, 2.75) is 51.0 Å². The van der Waals surface area contributed by atoms with Gasteiger partial charge in [-0.1, -0.05) is 32.9 Å². The van der Waals surface area contributed by atoms with Gasteiger partial charge in [0.05, 0.1) is 34.5 Å². The monoisotopic (exact) mass is 440 g/mol. The molecule has 2 aromatic carbocycles. The largest absolute Gasteiger partial charge is 0.493 e. The molecule has 32 heavy (non-hydrogen) atoms. The number of nitrogens with zero attached hydrogens (tertiary/aromatic N) is 1. The average Bonchev–Trinajstić information content (AvgIpc) is 2.82. The van der Waals surface area contributed by atoms with Gasteiger partial charge in [0.25, 0.3) is 0 Å². The first-order valence-corrected chi connectivity index (χ1v) is 10.9. The molecule has 0 spiro atoms. The predicted molar refractivity (Wildman–Crippen MR) is 127 cm³/mol. The maximum Gasteiger partial charge on any atom is 0.161 e. The molecule has 0 heterocycles. The summed E-state index contributed by atoms with van der Waals surface area (Å²) in [6.45, 7) is 6.14. The predicted octanol–water partition coefficient (Wildman–Crippen LogP) is 4.88. The van der Waals surface area contributed by atoms with Crippen LogP contribution in [0, 0.1) is 17.2 Å². The third-order valence-electron chi connectivity index (χ3n) is 6.61. The Morgan fingerprint density at radius 2 is 1.41 bits per heavy atom. The summed E-state index contributed by atoms with van der Waals surface area (Å²) in [5, 5.41) is 10.6. The van der Waals surface area contributed by atoms with Gasteiger partial charge in [-0.05, 0) is 60.6 Å². The van der Waals surface area contributed by atoms with Crippen LogP contribution in [0.5, 0.6) is 23.0 Å². The van der Waals surface area contributed by atoms with E-state index in [4.69, 9.17) is 24.7 Å².